The molecule has 0 amide bonds. The van der Waals surface area contributed by atoms with Crippen LogP contribution in [0.25, 0.3) is 11.1 Å². The van der Waals surface area contributed by atoms with E-state index in [2.05, 4.69) is 4.98 Å². The molecule has 0 bridgehead atoms. The van der Waals surface area contributed by atoms with Crippen molar-refractivity contribution >= 4 is 34.5 Å². The van der Waals surface area contributed by atoms with E-state index in [4.69, 9.17) is 20.8 Å². The molecule has 0 saturated heterocycles. The highest BCUT2D eigenvalue weighted by Gasteiger charge is 2.06. The number of ether oxygens (including phenoxy) is 1. The van der Waals surface area contributed by atoms with Gasteiger partial charge in [-0.3, -0.25) is 0 Å². The number of hydrogen-bond donors (Lipinski definition) is 0. The average molecular weight is 258 g/mol. The largest absolute Gasteiger partial charge is 0.431 e. The summed E-state index contributed by atoms with van der Waals surface area (Å²) in [5.74, 6) is 0.939. The minimum absolute atomic E-state index is 0.678. The van der Waals surface area contributed by atoms with Crippen LogP contribution in [-0.2, 0) is 4.74 Å². The molecule has 2 rings (SSSR count). The fourth-order valence-electron chi connectivity index (χ4n) is 1.30. The van der Waals surface area contributed by atoms with Crippen LogP contribution in [0, 0.1) is 0 Å². The van der Waals surface area contributed by atoms with Gasteiger partial charge in [0.15, 0.2) is 5.58 Å². The first kappa shape index (κ1) is 11.8. The number of benzene rings is 1. The minimum Gasteiger partial charge on any atom is -0.431 e. The molecule has 0 saturated carbocycles. The van der Waals surface area contributed by atoms with E-state index in [1.165, 1.54) is 0 Å². The molecule has 0 aliphatic carbocycles. The Hall–Kier alpha value is -0.710. The SMILES string of the molecule is COCCCSc1nc2cc(Cl)ccc2o1. The first-order valence-electron chi connectivity index (χ1n) is 4.97. The number of thioether (sulfide) groups is 1. The topological polar surface area (TPSA) is 35.3 Å². The van der Waals surface area contributed by atoms with Gasteiger partial charge in [-0.1, -0.05) is 23.4 Å². The summed E-state index contributed by atoms with van der Waals surface area (Å²) in [5.41, 5.74) is 1.58. The molecule has 0 N–H and O–H groups in total. The van der Waals surface area contributed by atoms with Gasteiger partial charge in [-0.2, -0.15) is 0 Å². The van der Waals surface area contributed by atoms with Crippen molar-refractivity contribution in [3.8, 4) is 0 Å². The van der Waals surface area contributed by atoms with E-state index in [0.717, 1.165) is 29.9 Å². The van der Waals surface area contributed by atoms with Gasteiger partial charge in [-0.15, -0.1) is 0 Å². The zero-order valence-corrected chi connectivity index (χ0v) is 10.5. The molecule has 1 aromatic heterocycles. The van der Waals surface area contributed by atoms with E-state index in [-0.39, 0.29) is 0 Å². The Labute approximate surface area is 103 Å². The first-order chi connectivity index (χ1) is 7.79. The summed E-state index contributed by atoms with van der Waals surface area (Å²) < 4.78 is 10.5. The van der Waals surface area contributed by atoms with Gasteiger partial charge in [-0.25, -0.2) is 4.98 Å². The number of fused-ring (bicyclic) bond motifs is 1. The lowest BCUT2D eigenvalue weighted by Crippen LogP contribution is -1.89. The van der Waals surface area contributed by atoms with Crippen LogP contribution in [0.15, 0.2) is 27.8 Å². The van der Waals surface area contributed by atoms with Crippen LogP contribution < -0.4 is 0 Å². The van der Waals surface area contributed by atoms with Crippen LogP contribution in [-0.4, -0.2) is 24.5 Å². The second kappa shape index (κ2) is 5.57. The van der Waals surface area contributed by atoms with Crippen molar-refractivity contribution in [1.82, 2.24) is 4.98 Å². The van der Waals surface area contributed by atoms with Crippen LogP contribution in [0.5, 0.6) is 0 Å². The van der Waals surface area contributed by atoms with Crippen molar-refractivity contribution in [2.45, 2.75) is 11.6 Å². The highest BCUT2D eigenvalue weighted by molar-refractivity contribution is 7.99. The van der Waals surface area contributed by atoms with Crippen LogP contribution >= 0.6 is 23.4 Å². The number of rotatable bonds is 5. The predicted molar refractivity (Wildman–Crippen MR) is 66.2 cm³/mol. The zero-order valence-electron chi connectivity index (χ0n) is 8.90. The highest BCUT2D eigenvalue weighted by Crippen LogP contribution is 2.25. The molecule has 1 heterocycles. The van der Waals surface area contributed by atoms with E-state index in [1.54, 1.807) is 31.0 Å². The van der Waals surface area contributed by atoms with Crippen LogP contribution in [0.3, 0.4) is 0 Å². The van der Waals surface area contributed by atoms with Gasteiger partial charge in [0, 0.05) is 24.5 Å². The average Bonchev–Trinajstić information content (AvgIpc) is 2.66. The van der Waals surface area contributed by atoms with Crippen LogP contribution in [0.1, 0.15) is 6.42 Å². The fraction of sp³-hybridized carbons (Fsp3) is 0.364. The summed E-state index contributed by atoms with van der Waals surface area (Å²) in [6.07, 6.45) is 0.987. The number of nitrogens with zero attached hydrogens (tertiary/aromatic N) is 1. The van der Waals surface area contributed by atoms with Crippen LogP contribution in [0.2, 0.25) is 5.02 Å². The van der Waals surface area contributed by atoms with Gasteiger partial charge in [0.25, 0.3) is 5.22 Å². The van der Waals surface area contributed by atoms with E-state index < -0.39 is 0 Å². The molecular formula is C11H12ClNO2S. The first-order valence-corrected chi connectivity index (χ1v) is 6.34. The summed E-state index contributed by atoms with van der Waals surface area (Å²) in [5, 5.41) is 1.37. The Morgan fingerprint density at radius 2 is 2.38 bits per heavy atom. The standard InChI is InChI=1S/C11H12ClNO2S/c1-14-5-2-6-16-11-13-9-7-8(12)3-4-10(9)15-11/h3-4,7H,2,5-6H2,1H3. The van der Waals surface area contributed by atoms with Gasteiger partial charge in [0.1, 0.15) is 5.52 Å². The van der Waals surface area contributed by atoms with E-state index >= 15 is 0 Å². The molecule has 2 aromatic rings. The molecule has 0 fully saturated rings. The molecule has 0 aliphatic heterocycles. The molecule has 16 heavy (non-hydrogen) atoms. The van der Waals surface area contributed by atoms with E-state index in [9.17, 15) is 0 Å². The van der Waals surface area contributed by atoms with Crippen molar-refractivity contribution in [2.24, 2.45) is 0 Å². The number of oxazole rings is 1. The van der Waals surface area contributed by atoms with Gasteiger partial charge in [0.2, 0.25) is 0 Å². The summed E-state index contributed by atoms with van der Waals surface area (Å²) in [6.45, 7) is 0.763. The molecule has 0 radical (unpaired) electrons. The van der Waals surface area contributed by atoms with Gasteiger partial charge < -0.3 is 9.15 Å². The molecule has 0 atom stereocenters. The highest BCUT2D eigenvalue weighted by atomic mass is 35.5. The molecule has 5 heteroatoms. The second-order valence-electron chi connectivity index (χ2n) is 3.29. The Kier molecular flexibility index (Phi) is 4.09. The fourth-order valence-corrected chi connectivity index (χ4v) is 2.22. The number of halogens is 1. The monoisotopic (exact) mass is 257 g/mol. The summed E-state index contributed by atoms with van der Waals surface area (Å²) in [7, 11) is 1.70. The lowest BCUT2D eigenvalue weighted by molar-refractivity contribution is 0.200. The lowest BCUT2D eigenvalue weighted by atomic mass is 10.3. The summed E-state index contributed by atoms with van der Waals surface area (Å²) in [6, 6.07) is 5.44. The molecule has 86 valence electrons. The van der Waals surface area contributed by atoms with Crippen molar-refractivity contribution in [3.63, 3.8) is 0 Å². The zero-order chi connectivity index (χ0) is 11.4. The molecule has 0 unspecified atom stereocenters. The molecule has 0 spiro atoms. The van der Waals surface area contributed by atoms with E-state index in [0.29, 0.717) is 10.2 Å². The molecular weight excluding hydrogens is 246 g/mol. The van der Waals surface area contributed by atoms with Gasteiger partial charge >= 0.3 is 0 Å². The van der Waals surface area contributed by atoms with Crippen molar-refractivity contribution in [3.05, 3.63) is 23.2 Å². The maximum Gasteiger partial charge on any atom is 0.256 e. The predicted octanol–water partition coefficient (Wildman–Crippen LogP) is 3.61. The molecule has 3 nitrogen and oxygen atoms in total. The Bertz CT molecular complexity index is 472. The van der Waals surface area contributed by atoms with E-state index in [1.807, 2.05) is 6.07 Å². The Morgan fingerprint density at radius 3 is 3.19 bits per heavy atom. The summed E-state index contributed by atoms with van der Waals surface area (Å²) >= 11 is 7.46. The molecule has 0 aliphatic rings. The normalized spacial score (nSPS) is 11.1. The smallest absolute Gasteiger partial charge is 0.256 e. The third-order valence-electron chi connectivity index (χ3n) is 2.05. The summed E-state index contributed by atoms with van der Waals surface area (Å²) in [4.78, 5) is 4.34. The van der Waals surface area contributed by atoms with Crippen molar-refractivity contribution < 1.29 is 9.15 Å². The third-order valence-corrected chi connectivity index (χ3v) is 3.20. The van der Waals surface area contributed by atoms with Crippen molar-refractivity contribution in [2.75, 3.05) is 19.5 Å². The van der Waals surface area contributed by atoms with Crippen molar-refractivity contribution in [1.29, 1.82) is 0 Å². The second-order valence-corrected chi connectivity index (χ2v) is 4.77. The maximum absolute atomic E-state index is 5.87. The number of methoxy groups -OCH3 is 1. The third kappa shape index (κ3) is 2.90. The maximum atomic E-state index is 5.87. The Morgan fingerprint density at radius 1 is 1.50 bits per heavy atom. The van der Waals surface area contributed by atoms with Gasteiger partial charge in [0.05, 0.1) is 0 Å². The lowest BCUT2D eigenvalue weighted by Gasteiger charge is -1.95. The minimum atomic E-state index is 0.678. The molecule has 1 aromatic carbocycles. The number of hydrogen-bond acceptors (Lipinski definition) is 4. The quantitative estimate of drug-likeness (QED) is 0.606. The van der Waals surface area contributed by atoms with Gasteiger partial charge in [-0.05, 0) is 24.6 Å². The number of aromatic nitrogens is 1. The Balaban J connectivity index is 2.02. The van der Waals surface area contributed by atoms with Crippen LogP contribution in [0.4, 0.5) is 0 Å².